The minimum atomic E-state index is -2.83. The van der Waals surface area contributed by atoms with Crippen LogP contribution < -0.4 is 0 Å². The van der Waals surface area contributed by atoms with Crippen LogP contribution in [0.2, 0.25) is 6.04 Å². The molecule has 1 saturated heterocycles. The summed E-state index contributed by atoms with van der Waals surface area (Å²) in [6.45, 7) is 3.35. The number of epoxide rings is 1. The largest absolute Gasteiger partial charge is 0.567 e. The van der Waals surface area contributed by atoms with Crippen molar-refractivity contribution in [2.75, 3.05) is 34.0 Å². The molecule has 1 aliphatic heterocycles. The van der Waals surface area contributed by atoms with Gasteiger partial charge in [-0.25, -0.2) is 0 Å². The van der Waals surface area contributed by atoms with Crippen molar-refractivity contribution in [1.29, 1.82) is 0 Å². The van der Waals surface area contributed by atoms with Crippen molar-refractivity contribution >= 4 is 14.8 Å². The molecule has 6 nitrogen and oxygen atoms in total. The molecule has 0 spiro atoms. The van der Waals surface area contributed by atoms with Gasteiger partial charge in [-0.15, -0.1) is 0 Å². The van der Waals surface area contributed by atoms with E-state index in [1.54, 1.807) is 0 Å². The lowest BCUT2D eigenvalue weighted by Gasteiger charge is -2.24. The first-order valence-corrected chi connectivity index (χ1v) is 7.54. The maximum atomic E-state index is 11.0. The van der Waals surface area contributed by atoms with Crippen molar-refractivity contribution in [3.63, 3.8) is 0 Å². The van der Waals surface area contributed by atoms with Crippen LogP contribution in [0.15, 0.2) is 0 Å². The molecule has 17 heavy (non-hydrogen) atoms. The van der Waals surface area contributed by atoms with E-state index in [9.17, 15) is 4.79 Å². The van der Waals surface area contributed by atoms with Gasteiger partial charge >= 0.3 is 8.80 Å². The molecule has 1 fully saturated rings. The highest BCUT2D eigenvalue weighted by Crippen LogP contribution is 2.17. The van der Waals surface area contributed by atoms with E-state index in [4.69, 9.17) is 22.8 Å². The van der Waals surface area contributed by atoms with Gasteiger partial charge in [-0.05, 0) is 6.42 Å². The van der Waals surface area contributed by atoms with E-state index in [1.807, 2.05) is 0 Å². The fourth-order valence-corrected chi connectivity index (χ4v) is 3.27. The predicted molar refractivity (Wildman–Crippen MR) is 61.5 cm³/mol. The van der Waals surface area contributed by atoms with Gasteiger partial charge in [-0.1, -0.05) is 0 Å². The molecular weight excluding hydrogens is 244 g/mol. The molecule has 0 aromatic carbocycles. The maximum absolute atomic E-state index is 11.0. The average Bonchev–Trinajstić information content (AvgIpc) is 3.10. The lowest BCUT2D eigenvalue weighted by Crippen LogP contribution is -2.45. The van der Waals surface area contributed by atoms with Gasteiger partial charge in [0.15, 0.2) is 0 Å². The van der Waals surface area contributed by atoms with E-state index in [-0.39, 0.29) is 12.1 Å². The van der Waals surface area contributed by atoms with Crippen LogP contribution in [0.1, 0.15) is 13.3 Å². The first-order chi connectivity index (χ1) is 8.12. The number of carbonyl (C=O) groups excluding carboxylic acids is 1. The van der Waals surface area contributed by atoms with Crippen LogP contribution in [-0.4, -0.2) is 54.9 Å². The number of rotatable bonds is 9. The smallest absolute Gasteiger partial charge is 0.473 e. The Bertz CT molecular complexity index is 239. The van der Waals surface area contributed by atoms with Crippen molar-refractivity contribution in [2.24, 2.45) is 0 Å². The highest BCUT2D eigenvalue weighted by Gasteiger charge is 2.41. The molecule has 100 valence electrons. The van der Waals surface area contributed by atoms with Crippen molar-refractivity contribution in [3.05, 3.63) is 0 Å². The van der Waals surface area contributed by atoms with Gasteiger partial charge in [0, 0.05) is 33.8 Å². The molecular formula is C10H20O6Si. The van der Waals surface area contributed by atoms with Crippen molar-refractivity contribution in [2.45, 2.75) is 25.5 Å². The third-order valence-corrected chi connectivity index (χ3v) is 5.21. The minimum Gasteiger partial charge on any atom is -0.473 e. The minimum absolute atomic E-state index is 0.273. The maximum Gasteiger partial charge on any atom is 0.567 e. The van der Waals surface area contributed by atoms with E-state index in [0.29, 0.717) is 19.3 Å². The molecule has 1 heterocycles. The van der Waals surface area contributed by atoms with E-state index in [2.05, 4.69) is 0 Å². The third kappa shape index (κ3) is 5.60. The topological polar surface area (TPSA) is 66.5 Å². The Kier molecular flexibility index (Phi) is 6.07. The molecule has 1 atom stereocenters. The van der Waals surface area contributed by atoms with Crippen LogP contribution in [0.3, 0.4) is 0 Å². The summed E-state index contributed by atoms with van der Waals surface area (Å²) >= 11 is 0. The Hall–Kier alpha value is -0.473. The van der Waals surface area contributed by atoms with Crippen molar-refractivity contribution < 1.29 is 27.5 Å². The van der Waals surface area contributed by atoms with Crippen molar-refractivity contribution in [3.8, 4) is 0 Å². The van der Waals surface area contributed by atoms with E-state index in [0.717, 1.165) is 13.0 Å². The van der Waals surface area contributed by atoms with Crippen LogP contribution in [0.5, 0.6) is 0 Å². The van der Waals surface area contributed by atoms with E-state index >= 15 is 0 Å². The lowest BCUT2D eigenvalue weighted by molar-refractivity contribution is -0.136. The van der Waals surface area contributed by atoms with Gasteiger partial charge in [0.2, 0.25) is 0 Å². The van der Waals surface area contributed by atoms with Crippen LogP contribution in [0.25, 0.3) is 0 Å². The normalized spacial score (nSPS) is 19.1. The summed E-state index contributed by atoms with van der Waals surface area (Å²) in [5.41, 5.74) is 0. The molecule has 0 aromatic rings. The summed E-state index contributed by atoms with van der Waals surface area (Å²) in [6.07, 6.45) is 1.00. The Morgan fingerprint density at radius 1 is 1.41 bits per heavy atom. The van der Waals surface area contributed by atoms with E-state index in [1.165, 1.54) is 21.1 Å². The van der Waals surface area contributed by atoms with Gasteiger partial charge in [-0.3, -0.25) is 4.79 Å². The molecule has 1 rings (SSSR count). The zero-order chi connectivity index (χ0) is 12.7. The second-order valence-corrected chi connectivity index (χ2v) is 6.71. The Labute approximate surface area is 102 Å². The van der Waals surface area contributed by atoms with Crippen LogP contribution >= 0.6 is 0 Å². The molecule has 1 aliphatic rings. The molecule has 0 aliphatic carbocycles. The van der Waals surface area contributed by atoms with Gasteiger partial charge in [0.1, 0.15) is 6.10 Å². The quantitative estimate of drug-likeness (QED) is 0.345. The van der Waals surface area contributed by atoms with Crippen LogP contribution in [-0.2, 0) is 27.5 Å². The number of hydrogen-bond acceptors (Lipinski definition) is 6. The van der Waals surface area contributed by atoms with Gasteiger partial charge in [0.25, 0.3) is 5.97 Å². The third-order valence-electron chi connectivity index (χ3n) is 2.40. The van der Waals surface area contributed by atoms with Gasteiger partial charge in [-0.2, -0.15) is 0 Å². The fraction of sp³-hybridized carbons (Fsp3) is 0.900. The Morgan fingerprint density at radius 3 is 2.53 bits per heavy atom. The summed E-state index contributed by atoms with van der Waals surface area (Å²) in [4.78, 5) is 11.0. The SMILES string of the molecule is CO[Si](CCCOCC1CO1)(OC)OC(C)=O. The highest BCUT2D eigenvalue weighted by molar-refractivity contribution is 6.62. The second-order valence-electron chi connectivity index (χ2n) is 3.82. The number of carbonyl (C=O) groups is 1. The first kappa shape index (κ1) is 14.6. The molecule has 0 aromatic heterocycles. The number of hydrogen-bond donors (Lipinski definition) is 0. The molecule has 0 saturated carbocycles. The molecule has 0 N–H and O–H groups in total. The average molecular weight is 264 g/mol. The second kappa shape index (κ2) is 7.07. The summed E-state index contributed by atoms with van der Waals surface area (Å²) in [7, 11) is 0.166. The zero-order valence-electron chi connectivity index (χ0n) is 10.6. The first-order valence-electron chi connectivity index (χ1n) is 5.61. The van der Waals surface area contributed by atoms with Crippen LogP contribution in [0, 0.1) is 0 Å². The molecule has 0 bridgehead atoms. The Balaban J connectivity index is 2.19. The molecule has 1 unspecified atom stereocenters. The molecule has 7 heteroatoms. The van der Waals surface area contributed by atoms with Gasteiger partial charge < -0.3 is 22.8 Å². The lowest BCUT2D eigenvalue weighted by atomic mass is 10.5. The van der Waals surface area contributed by atoms with Crippen LogP contribution in [0.4, 0.5) is 0 Å². The summed E-state index contributed by atoms with van der Waals surface area (Å²) in [5, 5.41) is 0. The fourth-order valence-electron chi connectivity index (χ4n) is 1.41. The van der Waals surface area contributed by atoms with E-state index < -0.39 is 8.80 Å². The number of ether oxygens (including phenoxy) is 2. The zero-order valence-corrected chi connectivity index (χ0v) is 11.6. The summed E-state index contributed by atoms with van der Waals surface area (Å²) in [6, 6.07) is 0.561. The summed E-state index contributed by atoms with van der Waals surface area (Å²) in [5.74, 6) is -0.382. The molecule has 0 amide bonds. The molecule has 0 radical (unpaired) electrons. The summed E-state index contributed by atoms with van der Waals surface area (Å²) < 4.78 is 26.0. The monoisotopic (exact) mass is 264 g/mol. The highest BCUT2D eigenvalue weighted by atomic mass is 28.4. The standard InChI is InChI=1S/C10H20O6Si/c1-9(11)16-17(12-2,13-3)6-4-5-14-7-10-8-15-10/h10H,4-8H2,1-3H3. The van der Waals surface area contributed by atoms with Gasteiger partial charge in [0.05, 0.1) is 13.2 Å². The predicted octanol–water partition coefficient (Wildman–Crippen LogP) is 0.587. The van der Waals surface area contributed by atoms with Crippen molar-refractivity contribution in [1.82, 2.24) is 0 Å². The Morgan fingerprint density at radius 2 is 2.06 bits per heavy atom.